The number of hydrogen-bond donors (Lipinski definition) is 0. The van der Waals surface area contributed by atoms with Crippen molar-refractivity contribution in [3.05, 3.63) is 53.8 Å². The molecule has 2 atom stereocenters. The van der Waals surface area contributed by atoms with Crippen molar-refractivity contribution in [2.24, 2.45) is 4.99 Å². The summed E-state index contributed by atoms with van der Waals surface area (Å²) in [5.74, 6) is 1.38. The van der Waals surface area contributed by atoms with Crippen molar-refractivity contribution in [1.82, 2.24) is 0 Å². The maximum Gasteiger partial charge on any atom is 0.164 e. The van der Waals surface area contributed by atoms with Gasteiger partial charge in [0.05, 0.1) is 43.5 Å². The van der Waals surface area contributed by atoms with E-state index in [-0.39, 0.29) is 29.4 Å². The molecule has 2 heterocycles. The molecule has 0 saturated carbocycles. The third-order valence-electron chi connectivity index (χ3n) is 5.07. The van der Waals surface area contributed by atoms with E-state index in [2.05, 4.69) is 4.99 Å². The summed E-state index contributed by atoms with van der Waals surface area (Å²) in [7, 11) is -0.0362. The van der Waals surface area contributed by atoms with Crippen LogP contribution in [0.15, 0.2) is 47.5 Å². The lowest BCUT2D eigenvalue weighted by Crippen LogP contribution is -2.39. The molecule has 0 bridgehead atoms. The van der Waals surface area contributed by atoms with E-state index in [4.69, 9.17) is 9.47 Å². The number of methoxy groups -OCH3 is 2. The zero-order valence-corrected chi connectivity index (χ0v) is 17.7. The summed E-state index contributed by atoms with van der Waals surface area (Å²) in [4.78, 5) is 6.59. The number of ether oxygens (including phenoxy) is 2. The molecule has 1 fully saturated rings. The first-order chi connectivity index (χ1) is 13.9. The van der Waals surface area contributed by atoms with Crippen molar-refractivity contribution in [1.29, 1.82) is 0 Å². The molecule has 0 aromatic heterocycles. The van der Waals surface area contributed by atoms with Crippen LogP contribution in [0.1, 0.15) is 5.56 Å². The minimum atomic E-state index is -3.17. The van der Waals surface area contributed by atoms with Crippen molar-refractivity contribution in [3.63, 3.8) is 0 Å². The van der Waals surface area contributed by atoms with E-state index < -0.39 is 9.84 Å². The zero-order chi connectivity index (χ0) is 20.6. The van der Waals surface area contributed by atoms with Crippen molar-refractivity contribution in [3.8, 4) is 11.5 Å². The van der Waals surface area contributed by atoms with Gasteiger partial charge in [-0.15, -0.1) is 0 Å². The van der Waals surface area contributed by atoms with E-state index in [1.807, 2.05) is 11.0 Å². The number of benzene rings is 2. The Hall–Kier alpha value is -2.26. The summed E-state index contributed by atoms with van der Waals surface area (Å²) in [6, 6.07) is 11.3. The molecule has 0 spiro atoms. The molecular weight excluding hydrogens is 415 g/mol. The van der Waals surface area contributed by atoms with Gasteiger partial charge in [-0.05, 0) is 23.8 Å². The number of fused-ring (bicyclic) bond motifs is 1. The Bertz CT molecular complexity index is 1060. The summed E-state index contributed by atoms with van der Waals surface area (Å²) in [5, 5.41) is 0.657. The summed E-state index contributed by atoms with van der Waals surface area (Å²) in [6.45, 7) is 0. The van der Waals surface area contributed by atoms with Gasteiger partial charge in [0.25, 0.3) is 0 Å². The Morgan fingerprint density at radius 3 is 2.69 bits per heavy atom. The minimum absolute atomic E-state index is 0.0181. The second kappa shape index (κ2) is 7.87. The second-order valence-electron chi connectivity index (χ2n) is 6.91. The van der Waals surface area contributed by atoms with Crippen LogP contribution in [-0.2, 0) is 15.6 Å². The van der Waals surface area contributed by atoms with E-state index in [0.29, 0.717) is 33.7 Å². The normalized spacial score (nSPS) is 22.3. The molecule has 6 nitrogen and oxygen atoms in total. The van der Waals surface area contributed by atoms with E-state index in [1.54, 1.807) is 44.6 Å². The number of rotatable bonds is 5. The lowest BCUT2D eigenvalue weighted by atomic mass is 10.1. The minimum Gasteiger partial charge on any atom is -0.497 e. The highest BCUT2D eigenvalue weighted by atomic mass is 32.2. The predicted molar refractivity (Wildman–Crippen MR) is 113 cm³/mol. The molecule has 0 amide bonds. The molecule has 0 N–H and O–H groups in total. The zero-order valence-electron chi connectivity index (χ0n) is 16.0. The quantitative estimate of drug-likeness (QED) is 0.718. The molecule has 2 aliphatic rings. The lowest BCUT2D eigenvalue weighted by Gasteiger charge is -2.28. The van der Waals surface area contributed by atoms with Crippen molar-refractivity contribution in [2.75, 3.05) is 30.6 Å². The van der Waals surface area contributed by atoms with E-state index in [0.717, 1.165) is 0 Å². The summed E-state index contributed by atoms with van der Waals surface area (Å²) in [5.41, 5.74) is 1.26. The van der Waals surface area contributed by atoms with E-state index in [9.17, 15) is 12.8 Å². The van der Waals surface area contributed by atoms with Crippen LogP contribution in [0.3, 0.4) is 0 Å². The first-order valence-electron chi connectivity index (χ1n) is 9.07. The summed E-state index contributed by atoms with van der Waals surface area (Å²) >= 11 is 1.39. The van der Waals surface area contributed by atoms with Crippen molar-refractivity contribution < 1.29 is 22.3 Å². The molecule has 0 aliphatic carbocycles. The highest BCUT2D eigenvalue weighted by Gasteiger charge is 2.47. The molecule has 2 aromatic carbocycles. The SMILES string of the molecule is COc1ccc(OC)c(N2C(SCc3ccccc3F)=NC3CS(=O)(=O)CC32)c1. The average Bonchev–Trinajstić information content (AvgIpc) is 3.17. The smallest absolute Gasteiger partial charge is 0.164 e. The van der Waals surface area contributed by atoms with Gasteiger partial charge in [0.2, 0.25) is 0 Å². The third kappa shape index (κ3) is 3.93. The molecule has 0 radical (unpaired) electrons. The number of sulfone groups is 1. The van der Waals surface area contributed by atoms with Gasteiger partial charge < -0.3 is 14.4 Å². The van der Waals surface area contributed by atoms with Gasteiger partial charge in [0, 0.05) is 11.8 Å². The fourth-order valence-corrected chi connectivity index (χ4v) is 6.60. The Labute approximate surface area is 173 Å². The molecule has 4 rings (SSSR count). The number of aliphatic imine (C=N–C) groups is 1. The van der Waals surface area contributed by atoms with Gasteiger partial charge in [0.15, 0.2) is 15.0 Å². The van der Waals surface area contributed by atoms with Gasteiger partial charge in [-0.3, -0.25) is 4.99 Å². The number of halogens is 1. The van der Waals surface area contributed by atoms with Crippen LogP contribution in [0, 0.1) is 5.82 Å². The largest absolute Gasteiger partial charge is 0.497 e. The number of anilines is 1. The van der Waals surface area contributed by atoms with Gasteiger partial charge in [-0.25, -0.2) is 12.8 Å². The molecule has 1 saturated heterocycles. The number of thioether (sulfide) groups is 1. The van der Waals surface area contributed by atoms with Crippen molar-refractivity contribution >= 4 is 32.5 Å². The monoisotopic (exact) mass is 436 g/mol. The van der Waals surface area contributed by atoms with Crippen LogP contribution in [-0.4, -0.2) is 51.4 Å². The number of amidine groups is 1. The standard InChI is InChI=1S/C20H21FN2O4S2/c1-26-14-7-8-19(27-2)17(9-14)23-18-12-29(24,25)11-16(18)22-20(23)28-10-13-5-3-4-6-15(13)21/h3-9,16,18H,10-12H2,1-2H3. The van der Waals surface area contributed by atoms with E-state index in [1.165, 1.54) is 17.8 Å². The van der Waals surface area contributed by atoms with Gasteiger partial charge in [-0.2, -0.15) is 0 Å². The van der Waals surface area contributed by atoms with Gasteiger partial charge in [-0.1, -0.05) is 30.0 Å². The van der Waals surface area contributed by atoms with Crippen LogP contribution >= 0.6 is 11.8 Å². The molecule has 2 unspecified atom stereocenters. The molecule has 9 heteroatoms. The molecule has 2 aliphatic heterocycles. The van der Waals surface area contributed by atoms with Crippen LogP contribution in [0.5, 0.6) is 11.5 Å². The second-order valence-corrected chi connectivity index (χ2v) is 10.0. The van der Waals surface area contributed by atoms with Crippen molar-refractivity contribution in [2.45, 2.75) is 17.8 Å². The fourth-order valence-electron chi connectivity index (χ4n) is 3.66. The van der Waals surface area contributed by atoms with E-state index >= 15 is 0 Å². The first kappa shape index (κ1) is 20.0. The molecule has 29 heavy (non-hydrogen) atoms. The third-order valence-corrected chi connectivity index (χ3v) is 7.78. The van der Waals surface area contributed by atoms with Crippen LogP contribution in [0.2, 0.25) is 0 Å². The number of nitrogens with zero attached hydrogens (tertiary/aromatic N) is 2. The Morgan fingerprint density at radius 1 is 1.17 bits per heavy atom. The fraction of sp³-hybridized carbons (Fsp3) is 0.350. The predicted octanol–water partition coefficient (Wildman–Crippen LogP) is 3.12. The molecule has 154 valence electrons. The van der Waals surface area contributed by atoms with Crippen LogP contribution in [0.4, 0.5) is 10.1 Å². The maximum absolute atomic E-state index is 14.1. The highest BCUT2D eigenvalue weighted by Crippen LogP contribution is 2.41. The van der Waals surface area contributed by atoms with Crippen LogP contribution < -0.4 is 14.4 Å². The van der Waals surface area contributed by atoms with Gasteiger partial charge >= 0.3 is 0 Å². The lowest BCUT2D eigenvalue weighted by molar-refractivity contribution is 0.403. The highest BCUT2D eigenvalue weighted by molar-refractivity contribution is 8.13. The summed E-state index contributed by atoms with van der Waals surface area (Å²) < 4.78 is 49.4. The maximum atomic E-state index is 14.1. The Morgan fingerprint density at radius 2 is 1.97 bits per heavy atom. The Kier molecular flexibility index (Phi) is 5.44. The summed E-state index contributed by atoms with van der Waals surface area (Å²) in [6.07, 6.45) is 0. The van der Waals surface area contributed by atoms with Crippen LogP contribution in [0.25, 0.3) is 0 Å². The van der Waals surface area contributed by atoms with Gasteiger partial charge in [0.1, 0.15) is 17.3 Å². The molecule has 2 aromatic rings. The molecular formula is C20H21FN2O4S2. The Balaban J connectivity index is 1.70. The topological polar surface area (TPSA) is 68.2 Å². The average molecular weight is 437 g/mol. The number of hydrogen-bond acceptors (Lipinski definition) is 7. The first-order valence-corrected chi connectivity index (χ1v) is 11.9.